The zero-order valence-electron chi connectivity index (χ0n) is 28.7. The number of hydrogen-bond donors (Lipinski definition) is 3. The van der Waals surface area contributed by atoms with Crippen LogP contribution in [0.3, 0.4) is 0 Å². The molecule has 5 aliphatic rings. The Labute approximate surface area is 294 Å². The van der Waals surface area contributed by atoms with Crippen LogP contribution in [-0.2, 0) is 22.4 Å². The third-order valence-corrected chi connectivity index (χ3v) is 12.4. The molecule has 9 rings (SSSR count). The van der Waals surface area contributed by atoms with E-state index in [0.717, 1.165) is 67.9 Å². The van der Waals surface area contributed by atoms with Gasteiger partial charge < -0.3 is 14.8 Å². The third-order valence-electron chi connectivity index (χ3n) is 12.4. The normalized spacial score (nSPS) is 26.6. The number of carbonyl (C=O) groups excluding carboxylic acids is 3. The lowest BCUT2D eigenvalue weighted by Gasteiger charge is -2.39. The monoisotopic (exact) mass is 696 g/mol. The fraction of sp³-hybridized carbons (Fsp3) is 0.500. The van der Waals surface area contributed by atoms with Crippen LogP contribution in [0.5, 0.6) is 0 Å². The van der Waals surface area contributed by atoms with E-state index >= 15 is 0 Å². The second-order valence-electron chi connectivity index (χ2n) is 15.4. The summed E-state index contributed by atoms with van der Waals surface area (Å²) >= 11 is 0. The van der Waals surface area contributed by atoms with Crippen LogP contribution >= 0.6 is 0 Å². The number of aromatic amines is 2. The highest BCUT2D eigenvalue weighted by Crippen LogP contribution is 2.70. The molecule has 0 unspecified atom stereocenters. The topological polar surface area (TPSA) is 130 Å². The molecule has 1 saturated carbocycles. The number of imidazole rings is 1. The number of amides is 3. The molecule has 3 amide bonds. The molecule has 51 heavy (non-hydrogen) atoms. The largest absolute Gasteiger partial charge is 0.372 e. The van der Waals surface area contributed by atoms with E-state index < -0.39 is 17.3 Å². The van der Waals surface area contributed by atoms with Gasteiger partial charge in [0.05, 0.1) is 17.0 Å². The Morgan fingerprint density at radius 2 is 1.75 bits per heavy atom. The number of rotatable bonds is 6. The molecule has 2 aliphatic carbocycles. The van der Waals surface area contributed by atoms with Crippen molar-refractivity contribution >= 4 is 34.4 Å². The van der Waals surface area contributed by atoms with E-state index in [1.54, 1.807) is 6.92 Å². The average molecular weight is 697 g/mol. The maximum Gasteiger partial charge on any atom is 0.258 e. The highest BCUT2D eigenvalue weighted by molar-refractivity contribution is 6.01. The average Bonchev–Trinajstić information content (AvgIpc) is 3.52. The number of anilines is 1. The van der Waals surface area contributed by atoms with Crippen LogP contribution in [-0.4, -0.2) is 99.4 Å². The lowest BCUT2D eigenvalue weighted by Crippen LogP contribution is -2.50. The molecule has 0 bridgehead atoms. The first kappa shape index (κ1) is 32.3. The molecule has 2 aromatic heterocycles. The SMILES string of the molecule is C[C@@]12Cc3[nH]nc(-c4nc5ccc(C(=O)N6CCN(CC7CCN(c8ccc([C@H]9CCC(=O)NC9=O)cc8)CC7)CC6)cc5[nH]4)c3C[C@@H]1C2(F)F. The summed E-state index contributed by atoms with van der Waals surface area (Å²) in [5, 5.41) is 9.88. The number of benzene rings is 2. The van der Waals surface area contributed by atoms with Crippen LogP contribution in [0.2, 0.25) is 0 Å². The van der Waals surface area contributed by atoms with Crippen molar-refractivity contribution in [2.45, 2.75) is 57.3 Å². The van der Waals surface area contributed by atoms with Gasteiger partial charge in [0, 0.05) is 92.5 Å². The van der Waals surface area contributed by atoms with Gasteiger partial charge in [-0.15, -0.1) is 0 Å². The first-order valence-electron chi connectivity index (χ1n) is 18.2. The Bertz CT molecular complexity index is 2030. The lowest BCUT2D eigenvalue weighted by atomic mass is 9.87. The molecule has 3 saturated heterocycles. The van der Waals surface area contributed by atoms with Gasteiger partial charge in [-0.25, -0.2) is 13.8 Å². The van der Waals surface area contributed by atoms with Crippen molar-refractivity contribution in [3.05, 3.63) is 64.8 Å². The summed E-state index contributed by atoms with van der Waals surface area (Å²) in [5.41, 5.74) is 5.32. The van der Waals surface area contributed by atoms with Gasteiger partial charge in [0.1, 0.15) is 5.69 Å². The van der Waals surface area contributed by atoms with Gasteiger partial charge in [0.2, 0.25) is 11.8 Å². The number of halogens is 2. The molecular weight excluding hydrogens is 654 g/mol. The fourth-order valence-electron chi connectivity index (χ4n) is 9.04. The Balaban J connectivity index is 0.767. The van der Waals surface area contributed by atoms with Crippen LogP contribution in [0.4, 0.5) is 14.5 Å². The number of nitrogens with zero attached hydrogens (tertiary/aromatic N) is 5. The second-order valence-corrected chi connectivity index (χ2v) is 15.4. The summed E-state index contributed by atoms with van der Waals surface area (Å²) in [7, 11) is 0. The molecule has 4 fully saturated rings. The van der Waals surface area contributed by atoms with E-state index in [1.165, 1.54) is 5.69 Å². The number of nitrogens with one attached hydrogen (secondary N) is 3. The third kappa shape index (κ3) is 5.51. The molecule has 0 radical (unpaired) electrons. The lowest BCUT2D eigenvalue weighted by molar-refractivity contribution is -0.134. The van der Waals surface area contributed by atoms with Gasteiger partial charge >= 0.3 is 0 Å². The van der Waals surface area contributed by atoms with E-state index in [-0.39, 0.29) is 36.5 Å². The van der Waals surface area contributed by atoms with Gasteiger partial charge in [0.25, 0.3) is 11.8 Å². The fourth-order valence-corrected chi connectivity index (χ4v) is 9.04. The Hall–Kier alpha value is -4.65. The summed E-state index contributed by atoms with van der Waals surface area (Å²) in [5.74, 6) is -2.85. The molecule has 3 atom stereocenters. The molecular formula is C38H42F2N8O3. The minimum absolute atomic E-state index is 0.00275. The molecule has 13 heteroatoms. The van der Waals surface area contributed by atoms with Crippen LogP contribution in [0.15, 0.2) is 42.5 Å². The second kappa shape index (κ2) is 12.0. The van der Waals surface area contributed by atoms with E-state index in [9.17, 15) is 23.2 Å². The molecule has 3 N–H and O–H groups in total. The van der Waals surface area contributed by atoms with E-state index in [1.807, 2.05) is 35.2 Å². The minimum Gasteiger partial charge on any atom is -0.372 e. The van der Waals surface area contributed by atoms with E-state index in [0.29, 0.717) is 54.4 Å². The number of piperidine rings is 2. The van der Waals surface area contributed by atoms with Gasteiger partial charge in [-0.05, 0) is 67.5 Å². The molecule has 266 valence electrons. The molecule has 4 aromatic rings. The number of H-pyrrole nitrogens is 2. The van der Waals surface area contributed by atoms with Crippen LogP contribution in [0.25, 0.3) is 22.6 Å². The quantitative estimate of drug-likeness (QED) is 0.253. The number of carbonyl (C=O) groups is 3. The van der Waals surface area contributed by atoms with Crippen LogP contribution < -0.4 is 10.2 Å². The summed E-state index contributed by atoms with van der Waals surface area (Å²) < 4.78 is 28.9. The molecule has 5 heterocycles. The molecule has 2 aromatic carbocycles. The molecule has 3 aliphatic heterocycles. The highest BCUT2D eigenvalue weighted by Gasteiger charge is 2.78. The number of aromatic nitrogens is 4. The number of alkyl halides is 2. The van der Waals surface area contributed by atoms with Gasteiger partial charge in [-0.3, -0.25) is 29.7 Å². The summed E-state index contributed by atoms with van der Waals surface area (Å²) in [6.07, 6.45) is 3.71. The smallest absolute Gasteiger partial charge is 0.258 e. The van der Waals surface area contributed by atoms with Crippen LogP contribution in [0.1, 0.15) is 65.7 Å². The Morgan fingerprint density at radius 1 is 0.980 bits per heavy atom. The van der Waals surface area contributed by atoms with Gasteiger partial charge in [-0.1, -0.05) is 19.1 Å². The minimum atomic E-state index is -2.66. The van der Waals surface area contributed by atoms with Crippen LogP contribution in [0, 0.1) is 17.3 Å². The van der Waals surface area contributed by atoms with Crippen molar-refractivity contribution in [1.29, 1.82) is 0 Å². The maximum atomic E-state index is 14.5. The van der Waals surface area contributed by atoms with Gasteiger partial charge in [-0.2, -0.15) is 5.10 Å². The van der Waals surface area contributed by atoms with Crippen molar-refractivity contribution in [2.75, 3.05) is 50.7 Å². The molecule has 11 nitrogen and oxygen atoms in total. The van der Waals surface area contributed by atoms with E-state index in [2.05, 4.69) is 42.4 Å². The number of hydrogen-bond acceptors (Lipinski definition) is 7. The van der Waals surface area contributed by atoms with Gasteiger partial charge in [0.15, 0.2) is 5.82 Å². The number of fused-ring (bicyclic) bond motifs is 3. The first-order chi connectivity index (χ1) is 24.6. The summed E-state index contributed by atoms with van der Waals surface area (Å²) in [4.78, 5) is 52.1. The zero-order chi connectivity index (χ0) is 35.1. The predicted octanol–water partition coefficient (Wildman–Crippen LogP) is 4.52. The van der Waals surface area contributed by atoms with Crippen molar-refractivity contribution in [3.63, 3.8) is 0 Å². The summed E-state index contributed by atoms with van der Waals surface area (Å²) in [6.45, 7) is 7.68. The van der Waals surface area contributed by atoms with Crippen molar-refractivity contribution in [2.24, 2.45) is 17.3 Å². The summed E-state index contributed by atoms with van der Waals surface area (Å²) in [6, 6.07) is 13.7. The van der Waals surface area contributed by atoms with Crippen molar-refractivity contribution < 1.29 is 23.2 Å². The molecule has 0 spiro atoms. The van der Waals surface area contributed by atoms with Crippen molar-refractivity contribution in [3.8, 4) is 11.5 Å². The van der Waals surface area contributed by atoms with E-state index in [4.69, 9.17) is 4.98 Å². The number of piperazine rings is 1. The predicted molar refractivity (Wildman–Crippen MR) is 186 cm³/mol. The standard InChI is InChI=1S/C38H42F2N8O3/c1-37-20-30-27(19-31(37)38(37,39)40)33(45-44-30)34-41-28-8-4-24(18-29(28)42-34)36(51)48-16-14-46(15-17-48)21-22-10-12-47(13-11-22)25-5-2-23(3-6-25)26-7-9-32(49)43-35(26)50/h2-6,8,18,22,26,31H,7,9-17,19-21H2,1H3,(H,41,42)(H,44,45)(H,43,49,50)/t26-,31+,37-/m1/s1. The Kier molecular flexibility index (Phi) is 7.57. The maximum absolute atomic E-state index is 14.5. The highest BCUT2D eigenvalue weighted by atomic mass is 19.3. The zero-order valence-corrected chi connectivity index (χ0v) is 28.7. The number of imide groups is 1. The van der Waals surface area contributed by atoms with Crippen molar-refractivity contribution in [1.82, 2.24) is 35.3 Å². The first-order valence-corrected chi connectivity index (χ1v) is 18.2. The Morgan fingerprint density at radius 3 is 2.49 bits per heavy atom.